The van der Waals surface area contributed by atoms with Crippen molar-refractivity contribution in [3.05, 3.63) is 48.5 Å². The van der Waals surface area contributed by atoms with E-state index in [2.05, 4.69) is 15.2 Å². The standard InChI is InChI=1S/C21H23N3O4/c1-26-18-10-4-5-11-19(18)27-14-20(25)22-13-15-7-6-12-24(15)21-23-16-8-2-3-9-17(16)28-21/h2-5,8-11,15H,6-7,12-14H2,1H3,(H,22,25). The summed E-state index contributed by atoms with van der Waals surface area (Å²) in [5.41, 5.74) is 1.62. The lowest BCUT2D eigenvalue weighted by molar-refractivity contribution is -0.123. The number of rotatable bonds is 7. The number of fused-ring (bicyclic) bond motifs is 1. The Bertz CT molecular complexity index is 922. The number of hydrogen-bond acceptors (Lipinski definition) is 6. The van der Waals surface area contributed by atoms with Gasteiger partial charge in [-0.05, 0) is 37.1 Å². The van der Waals surface area contributed by atoms with E-state index in [4.69, 9.17) is 13.9 Å². The summed E-state index contributed by atoms with van der Waals surface area (Å²) >= 11 is 0. The third kappa shape index (κ3) is 3.88. The highest BCUT2D eigenvalue weighted by atomic mass is 16.5. The van der Waals surface area contributed by atoms with Crippen LogP contribution in [-0.4, -0.2) is 43.7 Å². The maximum atomic E-state index is 12.2. The summed E-state index contributed by atoms with van der Waals surface area (Å²) in [6.07, 6.45) is 2.02. The maximum absolute atomic E-state index is 12.2. The molecule has 0 radical (unpaired) electrons. The average Bonchev–Trinajstić information content (AvgIpc) is 3.37. The fourth-order valence-electron chi connectivity index (χ4n) is 3.45. The van der Waals surface area contributed by atoms with Crippen LogP contribution in [0.25, 0.3) is 11.1 Å². The van der Waals surface area contributed by atoms with Gasteiger partial charge in [0.1, 0.15) is 5.52 Å². The van der Waals surface area contributed by atoms with Gasteiger partial charge in [-0.25, -0.2) is 0 Å². The average molecular weight is 381 g/mol. The van der Waals surface area contributed by atoms with Gasteiger partial charge in [0.2, 0.25) is 0 Å². The highest BCUT2D eigenvalue weighted by Gasteiger charge is 2.28. The predicted octanol–water partition coefficient (Wildman–Crippen LogP) is 3.00. The first kappa shape index (κ1) is 18.2. The van der Waals surface area contributed by atoms with E-state index in [0.29, 0.717) is 24.1 Å². The Kier molecular flexibility index (Phi) is 5.32. The van der Waals surface area contributed by atoms with E-state index in [9.17, 15) is 4.79 Å². The number of methoxy groups -OCH3 is 1. The Morgan fingerprint density at radius 3 is 2.82 bits per heavy atom. The van der Waals surface area contributed by atoms with E-state index in [1.807, 2.05) is 36.4 Å². The number of oxazole rings is 1. The van der Waals surface area contributed by atoms with Crippen molar-refractivity contribution >= 4 is 23.0 Å². The summed E-state index contributed by atoms with van der Waals surface area (Å²) in [4.78, 5) is 18.9. The molecular formula is C21H23N3O4. The second kappa shape index (κ2) is 8.21. The van der Waals surface area contributed by atoms with Crippen molar-refractivity contribution in [2.75, 3.05) is 31.7 Å². The normalized spacial score (nSPS) is 16.3. The van der Waals surface area contributed by atoms with Gasteiger partial charge in [0.25, 0.3) is 11.9 Å². The monoisotopic (exact) mass is 381 g/mol. The number of nitrogens with zero attached hydrogens (tertiary/aromatic N) is 2. The van der Waals surface area contributed by atoms with E-state index >= 15 is 0 Å². The Labute approximate surface area is 163 Å². The molecule has 28 heavy (non-hydrogen) atoms. The number of nitrogens with one attached hydrogen (secondary N) is 1. The van der Waals surface area contributed by atoms with E-state index in [-0.39, 0.29) is 18.6 Å². The molecule has 1 unspecified atom stereocenters. The maximum Gasteiger partial charge on any atom is 0.298 e. The molecule has 1 saturated heterocycles. The third-order valence-corrected chi connectivity index (χ3v) is 4.87. The van der Waals surface area contributed by atoms with Gasteiger partial charge in [-0.2, -0.15) is 4.98 Å². The lowest BCUT2D eigenvalue weighted by atomic mass is 10.2. The van der Waals surface area contributed by atoms with Crippen LogP contribution in [0.5, 0.6) is 11.5 Å². The number of para-hydroxylation sites is 4. The lowest BCUT2D eigenvalue weighted by Gasteiger charge is -2.23. The SMILES string of the molecule is COc1ccccc1OCC(=O)NCC1CCCN1c1nc2ccccc2o1. The van der Waals surface area contributed by atoms with Crippen LogP contribution in [0.15, 0.2) is 52.9 Å². The van der Waals surface area contributed by atoms with Gasteiger partial charge in [0.15, 0.2) is 23.7 Å². The number of ether oxygens (including phenoxy) is 2. The fraction of sp³-hybridized carbons (Fsp3) is 0.333. The first-order valence-electron chi connectivity index (χ1n) is 9.39. The molecule has 4 rings (SSSR count). The summed E-state index contributed by atoms with van der Waals surface area (Å²) < 4.78 is 16.7. The number of hydrogen-bond donors (Lipinski definition) is 1. The molecule has 0 spiro atoms. The molecule has 2 aromatic carbocycles. The Morgan fingerprint density at radius 1 is 1.21 bits per heavy atom. The van der Waals surface area contributed by atoms with Crippen LogP contribution in [0.3, 0.4) is 0 Å². The van der Waals surface area contributed by atoms with Crippen LogP contribution < -0.4 is 19.7 Å². The smallest absolute Gasteiger partial charge is 0.298 e. The predicted molar refractivity (Wildman–Crippen MR) is 106 cm³/mol. The van der Waals surface area contributed by atoms with Crippen molar-refractivity contribution in [1.29, 1.82) is 0 Å². The van der Waals surface area contributed by atoms with Gasteiger partial charge in [0, 0.05) is 13.1 Å². The zero-order chi connectivity index (χ0) is 19.3. The van der Waals surface area contributed by atoms with Crippen LogP contribution in [0.4, 0.5) is 6.01 Å². The quantitative estimate of drug-likeness (QED) is 0.678. The van der Waals surface area contributed by atoms with Crippen molar-refractivity contribution < 1.29 is 18.7 Å². The number of anilines is 1. The molecule has 1 aliphatic heterocycles. The van der Waals surface area contributed by atoms with E-state index in [1.54, 1.807) is 19.2 Å². The molecule has 7 heteroatoms. The molecule has 2 heterocycles. The van der Waals surface area contributed by atoms with Gasteiger partial charge in [-0.15, -0.1) is 0 Å². The van der Waals surface area contributed by atoms with E-state index < -0.39 is 0 Å². The first-order chi connectivity index (χ1) is 13.7. The topological polar surface area (TPSA) is 76.8 Å². The molecule has 7 nitrogen and oxygen atoms in total. The summed E-state index contributed by atoms with van der Waals surface area (Å²) in [5.74, 6) is 0.984. The Morgan fingerprint density at radius 2 is 2.00 bits per heavy atom. The van der Waals surface area contributed by atoms with E-state index in [0.717, 1.165) is 30.5 Å². The second-order valence-corrected chi connectivity index (χ2v) is 6.70. The highest BCUT2D eigenvalue weighted by molar-refractivity contribution is 5.78. The van der Waals surface area contributed by atoms with Crippen LogP contribution in [-0.2, 0) is 4.79 Å². The molecule has 0 aliphatic carbocycles. The van der Waals surface area contributed by atoms with Crippen molar-refractivity contribution in [2.45, 2.75) is 18.9 Å². The first-order valence-corrected chi connectivity index (χ1v) is 9.39. The van der Waals surface area contributed by atoms with Gasteiger partial charge in [-0.1, -0.05) is 24.3 Å². The number of benzene rings is 2. The zero-order valence-electron chi connectivity index (χ0n) is 15.8. The summed E-state index contributed by atoms with van der Waals surface area (Å²) in [6, 6.07) is 15.8. The van der Waals surface area contributed by atoms with Crippen molar-refractivity contribution in [3.63, 3.8) is 0 Å². The molecule has 0 bridgehead atoms. The number of carbonyl (C=O) groups is 1. The molecular weight excluding hydrogens is 358 g/mol. The molecule has 0 saturated carbocycles. The van der Waals surface area contributed by atoms with Crippen LogP contribution in [0.2, 0.25) is 0 Å². The molecule has 1 N–H and O–H groups in total. The van der Waals surface area contributed by atoms with Crippen molar-refractivity contribution in [3.8, 4) is 11.5 Å². The van der Waals surface area contributed by atoms with Crippen LogP contribution >= 0.6 is 0 Å². The van der Waals surface area contributed by atoms with Crippen molar-refractivity contribution in [2.24, 2.45) is 0 Å². The molecule has 3 aromatic rings. The molecule has 1 atom stereocenters. The third-order valence-electron chi connectivity index (χ3n) is 4.87. The summed E-state index contributed by atoms with van der Waals surface area (Å²) in [6.45, 7) is 1.33. The lowest BCUT2D eigenvalue weighted by Crippen LogP contribution is -2.41. The number of carbonyl (C=O) groups excluding carboxylic acids is 1. The minimum Gasteiger partial charge on any atom is -0.493 e. The van der Waals surface area contributed by atoms with Gasteiger partial charge < -0.3 is 24.1 Å². The van der Waals surface area contributed by atoms with Crippen molar-refractivity contribution in [1.82, 2.24) is 10.3 Å². The molecule has 1 fully saturated rings. The molecule has 146 valence electrons. The van der Waals surface area contributed by atoms with Crippen LogP contribution in [0, 0.1) is 0 Å². The fourth-order valence-corrected chi connectivity index (χ4v) is 3.45. The van der Waals surface area contributed by atoms with Crippen LogP contribution in [0.1, 0.15) is 12.8 Å². The molecule has 1 aliphatic rings. The molecule has 1 aromatic heterocycles. The molecule has 1 amide bonds. The number of aromatic nitrogens is 1. The zero-order valence-corrected chi connectivity index (χ0v) is 15.8. The van der Waals surface area contributed by atoms with E-state index in [1.165, 1.54) is 0 Å². The van der Waals surface area contributed by atoms with Gasteiger partial charge in [0.05, 0.1) is 13.2 Å². The number of amides is 1. The van der Waals surface area contributed by atoms with Gasteiger partial charge in [-0.3, -0.25) is 4.79 Å². The summed E-state index contributed by atoms with van der Waals surface area (Å²) in [5, 5.41) is 2.95. The Balaban J connectivity index is 1.32. The van der Waals surface area contributed by atoms with Gasteiger partial charge >= 0.3 is 0 Å². The second-order valence-electron chi connectivity index (χ2n) is 6.70. The largest absolute Gasteiger partial charge is 0.493 e. The minimum atomic E-state index is -0.171. The Hall–Kier alpha value is -3.22. The highest BCUT2D eigenvalue weighted by Crippen LogP contribution is 2.28. The summed E-state index contributed by atoms with van der Waals surface area (Å²) in [7, 11) is 1.57. The minimum absolute atomic E-state index is 0.0595.